The van der Waals surface area contributed by atoms with Crippen molar-refractivity contribution in [2.75, 3.05) is 12.0 Å². The molecule has 0 saturated carbocycles. The van der Waals surface area contributed by atoms with Crippen LogP contribution in [-0.2, 0) is 15.6 Å². The maximum absolute atomic E-state index is 10.3. The molecule has 0 heterocycles. The third kappa shape index (κ3) is 4.11. The van der Waals surface area contributed by atoms with Gasteiger partial charge in [0.15, 0.2) is 0 Å². The predicted octanol–water partition coefficient (Wildman–Crippen LogP) is -3.27. The maximum atomic E-state index is 10.3. The van der Waals surface area contributed by atoms with E-state index in [2.05, 4.69) is 5.73 Å². The van der Waals surface area contributed by atoms with Crippen LogP contribution in [0.5, 0.6) is 0 Å². The number of carboxylic acids is 1. The van der Waals surface area contributed by atoms with E-state index < -0.39 is 22.8 Å². The number of carbonyl (C=O) groups excluding carboxylic acids is 1. The molecule has 54 valence electrons. The van der Waals surface area contributed by atoms with Crippen molar-refractivity contribution in [3.05, 3.63) is 0 Å². The van der Waals surface area contributed by atoms with Gasteiger partial charge in [0, 0.05) is 17.1 Å². The fraction of sp³-hybridized carbons (Fsp3) is 0.750. The second-order valence-corrected chi connectivity index (χ2v) is 3.24. The van der Waals surface area contributed by atoms with Crippen LogP contribution in [0.4, 0.5) is 0 Å². The third-order valence-corrected chi connectivity index (χ3v) is 1.64. The fourth-order valence-corrected chi connectivity index (χ4v) is 1.05. The summed E-state index contributed by atoms with van der Waals surface area (Å²) >= 11 is 0. The Bertz CT molecular complexity index is 136. The van der Waals surface area contributed by atoms with E-state index in [0.29, 0.717) is 0 Å². The Balaban J connectivity index is 3.63. The minimum atomic E-state index is -1.25. The quantitative estimate of drug-likeness (QED) is 0.459. The smallest absolute Gasteiger partial charge is 0.136 e. The molecule has 9 heavy (non-hydrogen) atoms. The minimum absolute atomic E-state index is 0.0718. The van der Waals surface area contributed by atoms with Crippen LogP contribution in [0, 0.1) is 0 Å². The number of carboxylic acid groups (broad SMARTS) is 1. The molecule has 0 aliphatic heterocycles. The second-order valence-electron chi connectivity index (χ2n) is 1.76. The number of aliphatic carboxylic acids is 1. The van der Waals surface area contributed by atoms with E-state index in [1.165, 1.54) is 6.26 Å². The van der Waals surface area contributed by atoms with Crippen LogP contribution < -0.4 is 10.8 Å². The average molecular weight is 151 g/mol. The fourth-order valence-electron chi connectivity index (χ4n) is 0.351. The molecule has 0 saturated heterocycles. The zero-order valence-corrected chi connectivity index (χ0v) is 5.94. The van der Waals surface area contributed by atoms with Crippen molar-refractivity contribution in [2.45, 2.75) is 6.04 Å². The Kier molecular flexibility index (Phi) is 3.41. The van der Waals surface area contributed by atoms with Crippen LogP contribution in [0.25, 0.3) is 0 Å². The van der Waals surface area contributed by atoms with Gasteiger partial charge in [0.1, 0.15) is 12.0 Å². The van der Waals surface area contributed by atoms with Crippen molar-refractivity contribution in [3.63, 3.8) is 0 Å². The standard InChI is InChI=1S/C4H9NO3S/c1-9(8)2-3(5)4(6)7/h3H,2,5H2,1H3,(H,6,7). The van der Waals surface area contributed by atoms with Gasteiger partial charge in [0.2, 0.25) is 0 Å². The van der Waals surface area contributed by atoms with Crippen LogP contribution in [0.3, 0.4) is 0 Å². The van der Waals surface area contributed by atoms with E-state index in [1.54, 1.807) is 0 Å². The first-order valence-corrected chi connectivity index (χ1v) is 4.10. The Labute approximate surface area is 55.5 Å². The molecule has 0 fully saturated rings. The molecule has 5 heteroatoms. The number of hydrogen-bond donors (Lipinski definition) is 1. The molecule has 0 bridgehead atoms. The van der Waals surface area contributed by atoms with Crippen molar-refractivity contribution in [1.29, 1.82) is 0 Å². The van der Waals surface area contributed by atoms with Crippen molar-refractivity contribution < 1.29 is 19.8 Å². The first-order valence-electron chi connectivity index (χ1n) is 2.38. The molecular weight excluding hydrogens is 142 g/mol. The van der Waals surface area contributed by atoms with E-state index in [1.807, 2.05) is 0 Å². The summed E-state index contributed by atoms with van der Waals surface area (Å²) in [6, 6.07) is -0.851. The molecule has 0 aliphatic carbocycles. The summed E-state index contributed by atoms with van der Waals surface area (Å²) in [5.41, 5.74) is 3.22. The molecule has 0 radical (unpaired) electrons. The molecule has 0 aromatic carbocycles. The summed E-state index contributed by atoms with van der Waals surface area (Å²) in [6.07, 6.45) is 1.43. The molecule has 4 nitrogen and oxygen atoms in total. The lowest BCUT2D eigenvalue weighted by Gasteiger charge is -2.05. The minimum Gasteiger partial charge on any atom is -0.544 e. The second kappa shape index (κ2) is 3.58. The Morgan fingerprint density at radius 1 is 1.89 bits per heavy atom. The zero-order valence-electron chi connectivity index (χ0n) is 5.12. The van der Waals surface area contributed by atoms with Crippen LogP contribution in [0.15, 0.2) is 0 Å². The lowest BCUT2D eigenvalue weighted by atomic mass is 10.4. The predicted molar refractivity (Wildman–Crippen MR) is 30.6 cm³/mol. The van der Waals surface area contributed by atoms with E-state index in [0.717, 1.165) is 0 Å². The highest BCUT2D eigenvalue weighted by Crippen LogP contribution is 1.77. The van der Waals surface area contributed by atoms with Gasteiger partial charge in [-0.3, -0.25) is 4.21 Å². The molecule has 0 rings (SSSR count). The lowest BCUT2D eigenvalue weighted by molar-refractivity contribution is -0.431. The molecule has 2 unspecified atom stereocenters. The molecule has 3 N–H and O–H groups in total. The van der Waals surface area contributed by atoms with Crippen molar-refractivity contribution in [2.24, 2.45) is 0 Å². The van der Waals surface area contributed by atoms with E-state index in [4.69, 9.17) is 0 Å². The number of quaternary nitrogens is 1. The SMILES string of the molecule is CS(=O)CC([NH3+])C(=O)[O-]. The third-order valence-electron chi connectivity index (χ3n) is 0.769. The molecule has 2 atom stereocenters. The van der Waals surface area contributed by atoms with Gasteiger partial charge in [-0.05, 0) is 0 Å². The number of carbonyl (C=O) groups is 1. The average Bonchev–Trinajstić information content (AvgIpc) is 1.63. The number of hydrogen-bond acceptors (Lipinski definition) is 3. The summed E-state index contributed by atoms with van der Waals surface area (Å²) in [6.45, 7) is 0. The van der Waals surface area contributed by atoms with E-state index in [-0.39, 0.29) is 5.75 Å². The first kappa shape index (κ1) is 8.58. The molecule has 0 spiro atoms. The van der Waals surface area contributed by atoms with Gasteiger partial charge in [0.25, 0.3) is 0 Å². The summed E-state index contributed by atoms with van der Waals surface area (Å²) in [5.74, 6) is -1.17. The van der Waals surface area contributed by atoms with Gasteiger partial charge >= 0.3 is 0 Å². The van der Waals surface area contributed by atoms with Crippen LogP contribution in [-0.4, -0.2) is 28.2 Å². The first-order chi connectivity index (χ1) is 4.04. The van der Waals surface area contributed by atoms with Gasteiger partial charge in [-0.25, -0.2) is 0 Å². The highest BCUT2D eigenvalue weighted by Gasteiger charge is 2.07. The lowest BCUT2D eigenvalue weighted by Crippen LogP contribution is -2.70. The Morgan fingerprint density at radius 2 is 2.33 bits per heavy atom. The monoisotopic (exact) mass is 151 g/mol. The van der Waals surface area contributed by atoms with Crippen molar-refractivity contribution in [1.82, 2.24) is 0 Å². The van der Waals surface area contributed by atoms with Gasteiger partial charge in [-0.1, -0.05) is 0 Å². The maximum Gasteiger partial charge on any atom is 0.136 e. The molecule has 0 aromatic heterocycles. The van der Waals surface area contributed by atoms with Crippen LogP contribution in [0.2, 0.25) is 0 Å². The summed E-state index contributed by atoms with van der Waals surface area (Å²) in [5, 5.41) is 9.93. The highest BCUT2D eigenvalue weighted by atomic mass is 32.2. The van der Waals surface area contributed by atoms with Crippen LogP contribution >= 0.6 is 0 Å². The molecule has 0 amide bonds. The van der Waals surface area contributed by atoms with Gasteiger partial charge in [0.05, 0.1) is 5.75 Å². The molecular formula is C4H9NO3S. The number of rotatable bonds is 3. The van der Waals surface area contributed by atoms with E-state index in [9.17, 15) is 14.1 Å². The van der Waals surface area contributed by atoms with Gasteiger partial charge in [-0.2, -0.15) is 0 Å². The largest absolute Gasteiger partial charge is 0.544 e. The summed E-state index contributed by atoms with van der Waals surface area (Å²) in [4.78, 5) is 9.93. The molecule has 0 aromatic rings. The van der Waals surface area contributed by atoms with Gasteiger partial charge in [-0.15, -0.1) is 0 Å². The summed E-state index contributed by atoms with van der Waals surface area (Å²) < 4.78 is 10.3. The van der Waals surface area contributed by atoms with Crippen molar-refractivity contribution >= 4 is 16.8 Å². The summed E-state index contributed by atoms with van der Waals surface area (Å²) in [7, 11) is -1.10. The molecule has 0 aliphatic rings. The van der Waals surface area contributed by atoms with Gasteiger partial charge < -0.3 is 15.6 Å². The topological polar surface area (TPSA) is 84.8 Å². The van der Waals surface area contributed by atoms with Crippen LogP contribution in [0.1, 0.15) is 0 Å². The zero-order chi connectivity index (χ0) is 7.44. The highest BCUT2D eigenvalue weighted by molar-refractivity contribution is 7.84. The van der Waals surface area contributed by atoms with E-state index >= 15 is 0 Å². The van der Waals surface area contributed by atoms with Crippen molar-refractivity contribution in [3.8, 4) is 0 Å². The Hall–Kier alpha value is -0.420. The normalized spacial score (nSPS) is 16.7. The Morgan fingerprint density at radius 3 is 2.44 bits per heavy atom.